The molecule has 3 N–H and O–H groups in total. The highest BCUT2D eigenvalue weighted by Gasteiger charge is 2.22. The fourth-order valence-electron chi connectivity index (χ4n) is 3.03. The Bertz CT molecular complexity index is 1320. The predicted octanol–water partition coefficient (Wildman–Crippen LogP) is 3.39. The third kappa shape index (κ3) is 3.94. The van der Waals surface area contributed by atoms with Crippen LogP contribution in [0.5, 0.6) is 0 Å². The number of rotatable bonds is 3. The molecule has 0 radical (unpaired) electrons. The third-order valence-corrected chi connectivity index (χ3v) is 4.97. The Morgan fingerprint density at radius 2 is 1.60 bits per heavy atom. The summed E-state index contributed by atoms with van der Waals surface area (Å²) in [6.45, 7) is 0. The Hall–Kier alpha value is -3.55. The van der Waals surface area contributed by atoms with Crippen LogP contribution in [0.4, 0.5) is 0 Å². The number of benzene rings is 3. The van der Waals surface area contributed by atoms with Crippen LogP contribution in [0.15, 0.2) is 83.7 Å². The zero-order valence-corrected chi connectivity index (χ0v) is 17.1. The first-order valence-corrected chi connectivity index (χ1v) is 9.82. The minimum absolute atomic E-state index is 0.0390. The molecule has 1 heterocycles. The number of aromatic nitrogens is 2. The number of hydrogen-bond donors (Lipinski definition) is 2. The maximum absolute atomic E-state index is 13.2. The predicted molar refractivity (Wildman–Crippen MR) is 121 cm³/mol. The van der Waals surface area contributed by atoms with E-state index in [9.17, 15) is 9.59 Å². The first-order chi connectivity index (χ1) is 14.5. The van der Waals surface area contributed by atoms with Crippen molar-refractivity contribution in [1.29, 1.82) is 0 Å². The Labute approximate surface area is 182 Å². The molecule has 1 amide bonds. The summed E-state index contributed by atoms with van der Waals surface area (Å²) in [6.07, 6.45) is 0. The summed E-state index contributed by atoms with van der Waals surface area (Å²) in [4.78, 5) is 28.9. The van der Waals surface area contributed by atoms with Gasteiger partial charge in [-0.1, -0.05) is 58.7 Å². The number of carbonyl (C=O) groups excluding carboxylic acids is 1. The fraction of sp³-hybridized carbons (Fsp3) is 0. The second kappa shape index (κ2) is 8.44. The molecule has 4 aromatic rings. The van der Waals surface area contributed by atoms with Gasteiger partial charge in [0.1, 0.15) is 10.9 Å². The van der Waals surface area contributed by atoms with E-state index in [-0.39, 0.29) is 16.2 Å². The molecule has 148 valence electrons. The van der Waals surface area contributed by atoms with Gasteiger partial charge in [0, 0.05) is 0 Å². The van der Waals surface area contributed by atoms with Gasteiger partial charge < -0.3 is 0 Å². The van der Waals surface area contributed by atoms with E-state index < -0.39 is 5.91 Å². The lowest BCUT2D eigenvalue weighted by Crippen LogP contribution is -2.44. The molecule has 6 nitrogen and oxygen atoms in total. The molecule has 30 heavy (non-hydrogen) atoms. The van der Waals surface area contributed by atoms with Gasteiger partial charge in [-0.15, -0.1) is 0 Å². The molecule has 8 heteroatoms. The topological polar surface area (TPSA) is 77.3 Å². The van der Waals surface area contributed by atoms with Gasteiger partial charge in [0.05, 0.1) is 16.1 Å². The van der Waals surface area contributed by atoms with Gasteiger partial charge in [-0.25, -0.2) is 9.78 Å². The molecule has 0 fully saturated rings. The quantitative estimate of drug-likeness (QED) is 0.483. The summed E-state index contributed by atoms with van der Waals surface area (Å²) in [6, 6.07) is 23.1. The number of fused-ring (bicyclic) bond motifs is 1. The van der Waals surface area contributed by atoms with Crippen molar-refractivity contribution >= 4 is 45.7 Å². The number of aromatic amines is 1. The molecule has 0 saturated heterocycles. The lowest BCUT2D eigenvalue weighted by molar-refractivity contribution is -0.337. The summed E-state index contributed by atoms with van der Waals surface area (Å²) >= 11 is 11.4. The van der Waals surface area contributed by atoms with Crippen LogP contribution in [0.3, 0.4) is 0 Å². The SMILES string of the molecule is O=C(NC(=S)Nn1c(-c2ccccc2)[nH+]c2ccccc2c1=O)c1ccccc1Cl. The normalized spacial score (nSPS) is 10.6. The van der Waals surface area contributed by atoms with Crippen LogP contribution in [-0.4, -0.2) is 15.7 Å². The number of amides is 1. The van der Waals surface area contributed by atoms with Crippen LogP contribution < -0.4 is 21.3 Å². The first kappa shape index (κ1) is 19.8. The smallest absolute Gasteiger partial charge is 0.296 e. The Kier molecular flexibility index (Phi) is 5.56. The molecule has 4 rings (SSSR count). The number of halogens is 1. The number of nitrogens with one attached hydrogen (secondary N) is 3. The first-order valence-electron chi connectivity index (χ1n) is 9.04. The maximum Gasteiger partial charge on any atom is 0.369 e. The van der Waals surface area contributed by atoms with E-state index in [4.69, 9.17) is 23.8 Å². The molecule has 0 aliphatic heterocycles. The highest BCUT2D eigenvalue weighted by molar-refractivity contribution is 7.80. The van der Waals surface area contributed by atoms with E-state index >= 15 is 0 Å². The van der Waals surface area contributed by atoms with Crippen molar-refractivity contribution in [3.8, 4) is 11.4 Å². The van der Waals surface area contributed by atoms with E-state index in [1.165, 1.54) is 4.68 Å². The van der Waals surface area contributed by atoms with E-state index in [0.29, 0.717) is 21.7 Å². The number of thiocarbonyl (C=S) groups is 1. The zero-order chi connectivity index (χ0) is 21.1. The number of para-hydroxylation sites is 1. The van der Waals surface area contributed by atoms with Gasteiger partial charge in [-0.2, -0.15) is 5.43 Å². The van der Waals surface area contributed by atoms with Crippen LogP contribution in [0.25, 0.3) is 22.3 Å². The van der Waals surface area contributed by atoms with Crippen molar-refractivity contribution in [2.45, 2.75) is 0 Å². The van der Waals surface area contributed by atoms with Crippen LogP contribution in [0.2, 0.25) is 5.02 Å². The second-order valence-corrected chi connectivity index (χ2v) is 7.22. The zero-order valence-electron chi connectivity index (χ0n) is 15.6. The van der Waals surface area contributed by atoms with Crippen LogP contribution >= 0.6 is 23.8 Å². The standard InChI is InChI=1S/C22H15ClN4O2S/c23-17-12-6-4-10-15(17)20(28)25-22(30)26-27-19(14-8-2-1-3-9-14)24-18-13-7-5-11-16(18)21(27)29/h1-13H,(H2,25,26,28,30)/p+1. The van der Waals surface area contributed by atoms with Crippen molar-refractivity contribution in [2.24, 2.45) is 0 Å². The minimum atomic E-state index is -0.475. The van der Waals surface area contributed by atoms with E-state index in [1.807, 2.05) is 42.5 Å². The lowest BCUT2D eigenvalue weighted by Gasteiger charge is -2.11. The molecule has 0 aliphatic rings. The van der Waals surface area contributed by atoms with Gasteiger partial charge in [0.25, 0.3) is 5.91 Å². The summed E-state index contributed by atoms with van der Waals surface area (Å²) in [5.41, 5.74) is 4.25. The van der Waals surface area contributed by atoms with Crippen LogP contribution in [0, 0.1) is 0 Å². The summed E-state index contributed by atoms with van der Waals surface area (Å²) in [5.74, 6) is 0.0193. The minimum Gasteiger partial charge on any atom is -0.296 e. The van der Waals surface area contributed by atoms with Crippen molar-refractivity contribution < 1.29 is 9.78 Å². The lowest BCUT2D eigenvalue weighted by atomic mass is 10.2. The van der Waals surface area contributed by atoms with E-state index in [2.05, 4.69) is 15.7 Å². The molecular weight excluding hydrogens is 420 g/mol. The molecule has 0 atom stereocenters. The molecule has 0 saturated carbocycles. The Morgan fingerprint density at radius 3 is 2.37 bits per heavy atom. The average molecular weight is 436 g/mol. The Morgan fingerprint density at radius 1 is 0.933 bits per heavy atom. The van der Waals surface area contributed by atoms with Crippen LogP contribution in [0.1, 0.15) is 10.4 Å². The summed E-state index contributed by atoms with van der Waals surface area (Å²) < 4.78 is 1.28. The van der Waals surface area contributed by atoms with Gasteiger partial charge in [-0.05, 0) is 48.6 Å². The molecule has 0 spiro atoms. The Balaban J connectivity index is 1.72. The number of nitrogens with zero attached hydrogens (tertiary/aromatic N) is 1. The van der Waals surface area contributed by atoms with E-state index in [0.717, 1.165) is 5.56 Å². The molecule has 0 bridgehead atoms. The fourth-order valence-corrected chi connectivity index (χ4v) is 3.44. The van der Waals surface area contributed by atoms with Gasteiger partial charge in [-0.3, -0.25) is 10.1 Å². The number of hydrogen-bond acceptors (Lipinski definition) is 3. The van der Waals surface area contributed by atoms with Crippen molar-refractivity contribution in [2.75, 3.05) is 5.43 Å². The highest BCUT2D eigenvalue weighted by atomic mass is 35.5. The van der Waals surface area contributed by atoms with Crippen molar-refractivity contribution in [3.05, 3.63) is 99.8 Å². The number of H-pyrrole nitrogens is 1. The van der Waals surface area contributed by atoms with Gasteiger partial charge >= 0.3 is 11.4 Å². The average Bonchev–Trinajstić information content (AvgIpc) is 2.76. The molecule has 0 unspecified atom stereocenters. The molecular formula is C22H16ClN4O2S+. The summed E-state index contributed by atoms with van der Waals surface area (Å²) in [7, 11) is 0. The van der Waals surface area contributed by atoms with Gasteiger partial charge in [0.2, 0.25) is 5.11 Å². The number of carbonyl (C=O) groups is 1. The monoisotopic (exact) mass is 435 g/mol. The maximum atomic E-state index is 13.2. The second-order valence-electron chi connectivity index (χ2n) is 6.40. The van der Waals surface area contributed by atoms with E-state index in [1.54, 1.807) is 36.4 Å². The highest BCUT2D eigenvalue weighted by Crippen LogP contribution is 2.15. The molecule has 0 aliphatic carbocycles. The van der Waals surface area contributed by atoms with Crippen LogP contribution in [-0.2, 0) is 0 Å². The van der Waals surface area contributed by atoms with Crippen molar-refractivity contribution in [1.82, 2.24) is 9.99 Å². The summed E-state index contributed by atoms with van der Waals surface area (Å²) in [5, 5.41) is 3.31. The third-order valence-electron chi connectivity index (χ3n) is 4.44. The van der Waals surface area contributed by atoms with Gasteiger partial charge in [0.15, 0.2) is 0 Å². The molecule has 3 aromatic carbocycles. The molecule has 1 aromatic heterocycles. The largest absolute Gasteiger partial charge is 0.369 e. The van der Waals surface area contributed by atoms with Crippen molar-refractivity contribution in [3.63, 3.8) is 0 Å².